The van der Waals surface area contributed by atoms with Gasteiger partial charge in [0.25, 0.3) is 0 Å². The van der Waals surface area contributed by atoms with Gasteiger partial charge in [-0.2, -0.15) is 0 Å². The van der Waals surface area contributed by atoms with E-state index in [0.717, 1.165) is 0 Å². The zero-order valence-corrected chi connectivity index (χ0v) is 7.91. The lowest BCUT2D eigenvalue weighted by Gasteiger charge is -1.99. The molecule has 0 N–H and O–H groups in total. The molecule has 1 aromatic rings. The molecule has 0 saturated heterocycles. The van der Waals surface area contributed by atoms with Gasteiger partial charge >= 0.3 is 5.97 Å². The number of hydrogen-bond donors (Lipinski definition) is 0. The lowest BCUT2D eigenvalue weighted by Crippen LogP contribution is -2.02. The molecule has 0 atom stereocenters. The standard InChI is InChI=1S/C10H9ClO2/c1-2-3-10(12)13-9-6-4-8(11)5-7-9/h2-7H,1H3. The predicted molar refractivity (Wildman–Crippen MR) is 51.9 cm³/mol. The van der Waals surface area contributed by atoms with Crippen LogP contribution in [0, 0.1) is 0 Å². The van der Waals surface area contributed by atoms with Gasteiger partial charge in [0.1, 0.15) is 5.75 Å². The summed E-state index contributed by atoms with van der Waals surface area (Å²) < 4.78 is 4.93. The molecule has 0 heterocycles. The summed E-state index contributed by atoms with van der Waals surface area (Å²) in [6.45, 7) is 1.75. The number of hydrogen-bond acceptors (Lipinski definition) is 2. The van der Waals surface area contributed by atoms with E-state index in [4.69, 9.17) is 16.3 Å². The van der Waals surface area contributed by atoms with Crippen LogP contribution in [0.2, 0.25) is 5.02 Å². The second kappa shape index (κ2) is 4.67. The van der Waals surface area contributed by atoms with Crippen LogP contribution in [-0.4, -0.2) is 5.97 Å². The summed E-state index contributed by atoms with van der Waals surface area (Å²) in [6, 6.07) is 6.62. The third-order valence-corrected chi connectivity index (χ3v) is 1.59. The molecule has 0 amide bonds. The second-order valence-corrected chi connectivity index (χ2v) is 2.81. The van der Waals surface area contributed by atoms with Crippen LogP contribution in [0.15, 0.2) is 36.4 Å². The number of ether oxygens (including phenoxy) is 1. The average Bonchev–Trinajstić information content (AvgIpc) is 2.09. The van der Waals surface area contributed by atoms with Crippen LogP contribution >= 0.6 is 11.6 Å². The summed E-state index contributed by atoms with van der Waals surface area (Å²) >= 11 is 5.65. The minimum atomic E-state index is -0.384. The fourth-order valence-electron chi connectivity index (χ4n) is 0.789. The van der Waals surface area contributed by atoms with Crippen molar-refractivity contribution in [2.45, 2.75) is 6.92 Å². The van der Waals surface area contributed by atoms with Gasteiger partial charge in [-0.05, 0) is 31.2 Å². The summed E-state index contributed by atoms with van der Waals surface area (Å²) in [7, 11) is 0. The lowest BCUT2D eigenvalue weighted by atomic mass is 10.3. The summed E-state index contributed by atoms with van der Waals surface area (Å²) in [5, 5.41) is 0.617. The van der Waals surface area contributed by atoms with E-state index in [2.05, 4.69) is 0 Å². The molecule has 0 bridgehead atoms. The van der Waals surface area contributed by atoms with Gasteiger partial charge in [0.15, 0.2) is 0 Å². The average molecular weight is 197 g/mol. The Hall–Kier alpha value is -1.28. The molecule has 0 unspecified atom stereocenters. The Morgan fingerprint density at radius 1 is 1.38 bits per heavy atom. The smallest absolute Gasteiger partial charge is 0.335 e. The highest BCUT2D eigenvalue weighted by Gasteiger charge is 1.98. The first-order valence-electron chi connectivity index (χ1n) is 3.82. The molecule has 13 heavy (non-hydrogen) atoms. The Bertz CT molecular complexity index is 314. The largest absolute Gasteiger partial charge is 0.423 e. The molecule has 68 valence electrons. The highest BCUT2D eigenvalue weighted by molar-refractivity contribution is 6.30. The first-order valence-corrected chi connectivity index (χ1v) is 4.20. The van der Waals surface area contributed by atoms with Crippen LogP contribution in [0.4, 0.5) is 0 Å². The van der Waals surface area contributed by atoms with Gasteiger partial charge in [-0.3, -0.25) is 0 Å². The van der Waals surface area contributed by atoms with E-state index in [-0.39, 0.29) is 5.97 Å². The Kier molecular flexibility index (Phi) is 3.53. The molecule has 0 aromatic heterocycles. The maximum absolute atomic E-state index is 11.0. The van der Waals surface area contributed by atoms with Crippen LogP contribution < -0.4 is 4.74 Å². The van der Waals surface area contributed by atoms with Crippen LogP contribution in [0.3, 0.4) is 0 Å². The zero-order valence-electron chi connectivity index (χ0n) is 7.16. The molecule has 0 spiro atoms. The van der Waals surface area contributed by atoms with Gasteiger partial charge in [0.2, 0.25) is 0 Å². The van der Waals surface area contributed by atoms with Crippen molar-refractivity contribution in [2.75, 3.05) is 0 Å². The summed E-state index contributed by atoms with van der Waals surface area (Å²) in [5.74, 6) is 0.109. The fourth-order valence-corrected chi connectivity index (χ4v) is 0.915. The topological polar surface area (TPSA) is 26.3 Å². The van der Waals surface area contributed by atoms with Crippen LogP contribution in [0.25, 0.3) is 0 Å². The second-order valence-electron chi connectivity index (χ2n) is 2.38. The van der Waals surface area contributed by atoms with E-state index in [1.165, 1.54) is 6.08 Å². The number of allylic oxidation sites excluding steroid dienone is 1. The molecule has 0 aliphatic carbocycles. The fraction of sp³-hybridized carbons (Fsp3) is 0.100. The highest BCUT2D eigenvalue weighted by Crippen LogP contribution is 2.15. The minimum Gasteiger partial charge on any atom is -0.423 e. The van der Waals surface area contributed by atoms with Crippen molar-refractivity contribution < 1.29 is 9.53 Å². The van der Waals surface area contributed by atoms with E-state index in [1.54, 1.807) is 37.3 Å². The lowest BCUT2D eigenvalue weighted by molar-refractivity contribution is -0.128. The van der Waals surface area contributed by atoms with E-state index < -0.39 is 0 Å². The highest BCUT2D eigenvalue weighted by atomic mass is 35.5. The maximum atomic E-state index is 11.0. The summed E-state index contributed by atoms with van der Waals surface area (Å²) in [4.78, 5) is 11.0. The molecular weight excluding hydrogens is 188 g/mol. The number of carbonyl (C=O) groups excluding carboxylic acids is 1. The molecule has 3 heteroatoms. The quantitative estimate of drug-likeness (QED) is 0.413. The normalized spacial score (nSPS) is 10.3. The van der Waals surface area contributed by atoms with Gasteiger partial charge in [0.05, 0.1) is 0 Å². The minimum absolute atomic E-state index is 0.384. The van der Waals surface area contributed by atoms with Gasteiger partial charge in [0, 0.05) is 11.1 Å². The summed E-state index contributed by atoms with van der Waals surface area (Å²) in [5.41, 5.74) is 0. The van der Waals surface area contributed by atoms with Gasteiger partial charge in [-0.25, -0.2) is 4.79 Å². The van der Waals surface area contributed by atoms with Gasteiger partial charge in [-0.15, -0.1) is 0 Å². The predicted octanol–water partition coefficient (Wildman–Crippen LogP) is 2.82. The Morgan fingerprint density at radius 3 is 2.54 bits per heavy atom. The van der Waals surface area contributed by atoms with Crippen LogP contribution in [-0.2, 0) is 4.79 Å². The van der Waals surface area contributed by atoms with Crippen molar-refractivity contribution in [1.29, 1.82) is 0 Å². The third-order valence-electron chi connectivity index (χ3n) is 1.33. The van der Waals surface area contributed by atoms with Crippen molar-refractivity contribution >= 4 is 17.6 Å². The molecule has 1 aromatic carbocycles. The Morgan fingerprint density at radius 2 is 2.00 bits per heavy atom. The number of esters is 1. The molecule has 2 nitrogen and oxygen atoms in total. The maximum Gasteiger partial charge on any atom is 0.335 e. The van der Waals surface area contributed by atoms with Gasteiger partial charge < -0.3 is 4.74 Å². The van der Waals surface area contributed by atoms with E-state index >= 15 is 0 Å². The van der Waals surface area contributed by atoms with E-state index in [0.29, 0.717) is 10.8 Å². The molecule has 1 rings (SSSR count). The third kappa shape index (κ3) is 3.30. The molecule has 0 aliphatic rings. The first-order chi connectivity index (χ1) is 6.22. The van der Waals surface area contributed by atoms with Crippen molar-refractivity contribution in [3.05, 3.63) is 41.4 Å². The van der Waals surface area contributed by atoms with Crippen molar-refractivity contribution in [3.8, 4) is 5.75 Å². The molecule has 0 aliphatic heterocycles. The Balaban J connectivity index is 2.64. The molecule has 0 fully saturated rings. The van der Waals surface area contributed by atoms with E-state index in [9.17, 15) is 4.79 Å². The number of carbonyl (C=O) groups is 1. The van der Waals surface area contributed by atoms with Crippen LogP contribution in [0.1, 0.15) is 6.92 Å². The number of rotatable bonds is 2. The summed E-state index contributed by atoms with van der Waals surface area (Å²) in [6.07, 6.45) is 2.98. The molecule has 0 radical (unpaired) electrons. The SMILES string of the molecule is CC=CC(=O)Oc1ccc(Cl)cc1. The molecule has 0 saturated carbocycles. The van der Waals surface area contributed by atoms with E-state index in [1.807, 2.05) is 0 Å². The first kappa shape index (κ1) is 9.81. The van der Waals surface area contributed by atoms with Crippen molar-refractivity contribution in [2.24, 2.45) is 0 Å². The number of halogens is 1. The van der Waals surface area contributed by atoms with Crippen molar-refractivity contribution in [1.82, 2.24) is 0 Å². The van der Waals surface area contributed by atoms with Crippen molar-refractivity contribution in [3.63, 3.8) is 0 Å². The molecular formula is C10H9ClO2. The van der Waals surface area contributed by atoms with Crippen LogP contribution in [0.5, 0.6) is 5.75 Å². The van der Waals surface area contributed by atoms with Gasteiger partial charge in [-0.1, -0.05) is 17.7 Å². The Labute approximate surface area is 81.8 Å². The number of benzene rings is 1. The monoisotopic (exact) mass is 196 g/mol. The zero-order chi connectivity index (χ0) is 9.68.